The molecule has 2 aliphatic carbocycles. The van der Waals surface area contributed by atoms with E-state index in [-0.39, 0.29) is 23.7 Å². The normalized spacial score (nSPS) is 25.9. The molecule has 2 aromatic rings. The summed E-state index contributed by atoms with van der Waals surface area (Å²) in [5.74, 6) is 0.175. The molecular weight excluding hydrogens is 360 g/mol. The third-order valence-corrected chi connectivity index (χ3v) is 6.44. The van der Waals surface area contributed by atoms with Crippen LogP contribution in [0.1, 0.15) is 60.2 Å². The predicted octanol–water partition coefficient (Wildman–Crippen LogP) is 3.79. The summed E-state index contributed by atoms with van der Waals surface area (Å²) in [6, 6.07) is 8.11. The molecule has 2 N–H and O–H groups in total. The maximum absolute atomic E-state index is 11.5. The van der Waals surface area contributed by atoms with E-state index in [0.29, 0.717) is 11.6 Å². The molecule has 142 valence electrons. The number of aromatic nitrogens is 1. The van der Waals surface area contributed by atoms with E-state index in [9.17, 15) is 9.90 Å². The summed E-state index contributed by atoms with van der Waals surface area (Å²) in [6.07, 6.45) is 3.95. The van der Waals surface area contributed by atoms with Crippen molar-refractivity contribution in [2.45, 2.75) is 45.1 Å². The SMILES string of the molecule is CCC1C2c3ncccc3CCc3cc(Cl)cc(c32)[C@@H](O)C1CNC(C)=O. The zero-order chi connectivity index (χ0) is 19.1. The molecule has 0 fully saturated rings. The minimum Gasteiger partial charge on any atom is -0.388 e. The van der Waals surface area contributed by atoms with Gasteiger partial charge in [-0.05, 0) is 59.2 Å². The summed E-state index contributed by atoms with van der Waals surface area (Å²) in [5.41, 5.74) is 5.72. The topological polar surface area (TPSA) is 62.2 Å². The molecule has 0 radical (unpaired) electrons. The van der Waals surface area contributed by atoms with Crippen LogP contribution in [0.3, 0.4) is 0 Å². The van der Waals surface area contributed by atoms with Gasteiger partial charge in [0.1, 0.15) is 0 Å². The van der Waals surface area contributed by atoms with Crippen molar-refractivity contribution in [2.24, 2.45) is 11.8 Å². The number of nitrogens with zero attached hydrogens (tertiary/aromatic N) is 1. The fraction of sp³-hybridized carbons (Fsp3) is 0.455. The molecule has 3 unspecified atom stereocenters. The maximum Gasteiger partial charge on any atom is 0.216 e. The first kappa shape index (κ1) is 18.5. The van der Waals surface area contributed by atoms with E-state index in [4.69, 9.17) is 16.6 Å². The summed E-state index contributed by atoms with van der Waals surface area (Å²) < 4.78 is 0. The molecule has 4 atom stereocenters. The Morgan fingerprint density at radius 3 is 2.81 bits per heavy atom. The van der Waals surface area contributed by atoms with Crippen molar-refractivity contribution in [3.8, 4) is 0 Å². The number of rotatable bonds is 3. The van der Waals surface area contributed by atoms with Crippen LogP contribution in [-0.2, 0) is 17.6 Å². The fourth-order valence-electron chi connectivity index (χ4n) is 5.07. The van der Waals surface area contributed by atoms with Gasteiger partial charge >= 0.3 is 0 Å². The molecule has 4 rings (SSSR count). The van der Waals surface area contributed by atoms with Gasteiger partial charge in [0, 0.05) is 36.5 Å². The van der Waals surface area contributed by atoms with Crippen molar-refractivity contribution in [1.29, 1.82) is 0 Å². The smallest absolute Gasteiger partial charge is 0.216 e. The molecule has 0 bridgehead atoms. The Morgan fingerprint density at radius 2 is 2.07 bits per heavy atom. The Balaban J connectivity index is 1.92. The van der Waals surface area contributed by atoms with Gasteiger partial charge in [0.05, 0.1) is 11.8 Å². The lowest BCUT2D eigenvalue weighted by Crippen LogP contribution is -2.41. The second-order valence-electron chi connectivity index (χ2n) is 7.71. The molecule has 0 spiro atoms. The average Bonchev–Trinajstić information content (AvgIpc) is 2.81. The monoisotopic (exact) mass is 384 g/mol. The van der Waals surface area contributed by atoms with Crippen LogP contribution in [0.15, 0.2) is 30.5 Å². The molecule has 1 aromatic heterocycles. The minimum absolute atomic E-state index is 0.0735. The number of hydrogen-bond acceptors (Lipinski definition) is 3. The number of halogens is 1. The summed E-state index contributed by atoms with van der Waals surface area (Å²) in [4.78, 5) is 16.3. The average molecular weight is 385 g/mol. The van der Waals surface area contributed by atoms with E-state index in [1.807, 2.05) is 24.4 Å². The van der Waals surface area contributed by atoms with E-state index in [1.165, 1.54) is 23.6 Å². The van der Waals surface area contributed by atoms with Crippen LogP contribution in [0.25, 0.3) is 0 Å². The van der Waals surface area contributed by atoms with Gasteiger partial charge < -0.3 is 10.4 Å². The molecule has 1 heterocycles. The van der Waals surface area contributed by atoms with Crippen LogP contribution in [0.2, 0.25) is 5.02 Å². The third-order valence-electron chi connectivity index (χ3n) is 6.22. The Kier molecular flexibility index (Phi) is 4.95. The van der Waals surface area contributed by atoms with E-state index < -0.39 is 6.10 Å². The van der Waals surface area contributed by atoms with Crippen molar-refractivity contribution >= 4 is 17.5 Å². The minimum atomic E-state index is -0.643. The van der Waals surface area contributed by atoms with Gasteiger partial charge in [-0.25, -0.2) is 0 Å². The van der Waals surface area contributed by atoms with E-state index in [0.717, 1.165) is 30.5 Å². The molecule has 5 heteroatoms. The number of carbonyl (C=O) groups excluding carboxylic acids is 1. The van der Waals surface area contributed by atoms with Gasteiger partial charge in [-0.1, -0.05) is 31.0 Å². The first-order valence-electron chi connectivity index (χ1n) is 9.69. The van der Waals surface area contributed by atoms with Gasteiger partial charge in [0.2, 0.25) is 5.91 Å². The fourth-order valence-corrected chi connectivity index (χ4v) is 5.32. The highest BCUT2D eigenvalue weighted by atomic mass is 35.5. The summed E-state index contributed by atoms with van der Waals surface area (Å²) >= 11 is 6.41. The molecule has 27 heavy (non-hydrogen) atoms. The van der Waals surface area contributed by atoms with E-state index in [1.54, 1.807) is 0 Å². The summed E-state index contributed by atoms with van der Waals surface area (Å²) in [6.45, 7) is 4.13. The van der Waals surface area contributed by atoms with Crippen molar-refractivity contribution < 1.29 is 9.90 Å². The molecule has 0 saturated carbocycles. The number of pyridine rings is 1. The maximum atomic E-state index is 11.5. The molecule has 1 amide bonds. The van der Waals surface area contributed by atoms with Crippen LogP contribution in [-0.4, -0.2) is 22.5 Å². The number of benzene rings is 1. The third kappa shape index (κ3) is 3.15. The first-order valence-corrected chi connectivity index (χ1v) is 10.1. The quantitative estimate of drug-likeness (QED) is 0.846. The van der Waals surface area contributed by atoms with Gasteiger partial charge in [0.15, 0.2) is 0 Å². The Labute approximate surface area is 165 Å². The molecule has 4 nitrogen and oxygen atoms in total. The predicted molar refractivity (Wildman–Crippen MR) is 106 cm³/mol. The molecule has 0 aliphatic heterocycles. The van der Waals surface area contributed by atoms with Crippen LogP contribution < -0.4 is 5.32 Å². The Bertz CT molecular complexity index is 883. The lowest BCUT2D eigenvalue weighted by Gasteiger charge is -2.43. The summed E-state index contributed by atoms with van der Waals surface area (Å²) in [5, 5.41) is 14.8. The number of nitrogens with one attached hydrogen (secondary N) is 1. The van der Waals surface area contributed by atoms with Crippen LogP contribution in [0.4, 0.5) is 0 Å². The molecule has 1 aromatic carbocycles. The van der Waals surface area contributed by atoms with E-state index >= 15 is 0 Å². The number of hydrogen-bond donors (Lipinski definition) is 2. The highest BCUT2D eigenvalue weighted by molar-refractivity contribution is 6.30. The van der Waals surface area contributed by atoms with Crippen molar-refractivity contribution in [3.05, 3.63) is 63.4 Å². The van der Waals surface area contributed by atoms with Gasteiger partial charge in [-0.2, -0.15) is 0 Å². The number of fused-ring (bicyclic) bond motifs is 2. The van der Waals surface area contributed by atoms with E-state index in [2.05, 4.69) is 18.3 Å². The van der Waals surface area contributed by atoms with Gasteiger partial charge in [-0.15, -0.1) is 0 Å². The zero-order valence-corrected chi connectivity index (χ0v) is 16.5. The molecular formula is C22H25ClN2O2. The number of aliphatic hydroxyl groups excluding tert-OH is 1. The lowest BCUT2D eigenvalue weighted by molar-refractivity contribution is -0.119. The number of aryl methyl sites for hydroxylation is 2. The highest BCUT2D eigenvalue weighted by Crippen LogP contribution is 2.52. The number of aliphatic hydroxyl groups is 1. The standard InChI is InChI=1S/C22H25ClN2O2/c1-3-16-18(11-25-12(2)26)22(27)17-10-15(23)9-14-7-6-13-5-4-8-24-21(13)20(16)19(14)17/h4-5,8-10,16,18,20,22,27H,3,6-7,11H2,1-2H3,(H,25,26)/t16?,18?,20?,22-/m1/s1. The van der Waals surface area contributed by atoms with Crippen LogP contribution in [0, 0.1) is 11.8 Å². The summed E-state index contributed by atoms with van der Waals surface area (Å²) in [7, 11) is 0. The Hall–Kier alpha value is -1.91. The number of amides is 1. The molecule has 2 aliphatic rings. The van der Waals surface area contributed by atoms with Gasteiger partial charge in [0.25, 0.3) is 0 Å². The zero-order valence-electron chi connectivity index (χ0n) is 15.7. The second-order valence-corrected chi connectivity index (χ2v) is 8.15. The molecule has 0 saturated heterocycles. The van der Waals surface area contributed by atoms with Crippen molar-refractivity contribution in [3.63, 3.8) is 0 Å². The Morgan fingerprint density at radius 1 is 1.30 bits per heavy atom. The van der Waals surface area contributed by atoms with Crippen LogP contribution in [0.5, 0.6) is 0 Å². The second kappa shape index (κ2) is 7.25. The highest BCUT2D eigenvalue weighted by Gasteiger charge is 2.45. The van der Waals surface area contributed by atoms with Crippen molar-refractivity contribution in [2.75, 3.05) is 6.54 Å². The number of carbonyl (C=O) groups is 1. The van der Waals surface area contributed by atoms with Crippen LogP contribution >= 0.6 is 11.6 Å². The lowest BCUT2D eigenvalue weighted by atomic mass is 9.64. The largest absolute Gasteiger partial charge is 0.388 e. The van der Waals surface area contributed by atoms with Gasteiger partial charge in [-0.3, -0.25) is 9.78 Å². The van der Waals surface area contributed by atoms with Crippen molar-refractivity contribution in [1.82, 2.24) is 10.3 Å². The first-order chi connectivity index (χ1) is 13.0.